The third-order valence-corrected chi connectivity index (χ3v) is 1.32. The standard InChI is InChI=1S/C8H10BrF/c1-4-6(2)8(10)5-7(3)9/h4-5H,3H2,1-2H3/b6-4-,8-5+. The van der Waals surface area contributed by atoms with E-state index in [4.69, 9.17) is 0 Å². The number of hydrogen-bond acceptors (Lipinski definition) is 0. The quantitative estimate of drug-likeness (QED) is 0.602. The van der Waals surface area contributed by atoms with Gasteiger partial charge in [-0.05, 0) is 25.5 Å². The summed E-state index contributed by atoms with van der Waals surface area (Å²) >= 11 is 3.03. The molecule has 10 heavy (non-hydrogen) atoms. The molecule has 0 aromatic heterocycles. The van der Waals surface area contributed by atoms with Gasteiger partial charge in [0.1, 0.15) is 5.83 Å². The van der Waals surface area contributed by atoms with E-state index < -0.39 is 0 Å². The van der Waals surface area contributed by atoms with Crippen LogP contribution < -0.4 is 0 Å². The fourth-order valence-corrected chi connectivity index (χ4v) is 0.590. The molecule has 0 rings (SSSR count). The Hall–Kier alpha value is -0.370. The average molecular weight is 205 g/mol. The highest BCUT2D eigenvalue weighted by atomic mass is 79.9. The van der Waals surface area contributed by atoms with Crippen molar-refractivity contribution in [2.75, 3.05) is 0 Å². The van der Waals surface area contributed by atoms with Gasteiger partial charge in [0.25, 0.3) is 0 Å². The molecule has 0 spiro atoms. The molecule has 0 saturated heterocycles. The zero-order valence-corrected chi connectivity index (χ0v) is 7.70. The van der Waals surface area contributed by atoms with Crippen LogP contribution in [0.25, 0.3) is 0 Å². The predicted octanol–water partition coefficient (Wildman–Crippen LogP) is 3.71. The summed E-state index contributed by atoms with van der Waals surface area (Å²) in [6.07, 6.45) is 3.05. The van der Waals surface area contributed by atoms with Crippen molar-refractivity contribution in [3.8, 4) is 0 Å². The Morgan fingerprint density at radius 2 is 2.10 bits per heavy atom. The van der Waals surface area contributed by atoms with Crippen LogP contribution in [-0.2, 0) is 0 Å². The maximum absolute atomic E-state index is 12.7. The zero-order chi connectivity index (χ0) is 8.15. The Bertz CT molecular complexity index is 189. The smallest absolute Gasteiger partial charge is 0.126 e. The van der Waals surface area contributed by atoms with Crippen molar-refractivity contribution in [1.82, 2.24) is 0 Å². The van der Waals surface area contributed by atoms with Crippen LogP contribution in [0, 0.1) is 0 Å². The van der Waals surface area contributed by atoms with E-state index in [0.29, 0.717) is 10.1 Å². The van der Waals surface area contributed by atoms with Gasteiger partial charge < -0.3 is 0 Å². The molecule has 0 saturated carbocycles. The lowest BCUT2D eigenvalue weighted by Gasteiger charge is -1.93. The summed E-state index contributed by atoms with van der Waals surface area (Å²) in [5.74, 6) is -0.246. The molecule has 0 fully saturated rings. The van der Waals surface area contributed by atoms with E-state index in [1.54, 1.807) is 19.9 Å². The molecule has 0 aromatic carbocycles. The molecule has 0 unspecified atom stereocenters. The second-order valence-corrected chi connectivity index (χ2v) is 2.93. The van der Waals surface area contributed by atoms with Crippen LogP contribution in [0.3, 0.4) is 0 Å². The molecular weight excluding hydrogens is 195 g/mol. The number of rotatable bonds is 2. The van der Waals surface area contributed by atoms with Crippen LogP contribution in [0.1, 0.15) is 13.8 Å². The summed E-state index contributed by atoms with van der Waals surface area (Å²) in [5, 5.41) is 0. The average Bonchev–Trinajstić information content (AvgIpc) is 1.85. The Labute approximate surface area is 69.3 Å². The Morgan fingerprint density at radius 3 is 2.40 bits per heavy atom. The van der Waals surface area contributed by atoms with Gasteiger partial charge in [0.2, 0.25) is 0 Å². The van der Waals surface area contributed by atoms with Crippen LogP contribution in [0.5, 0.6) is 0 Å². The molecule has 0 amide bonds. The van der Waals surface area contributed by atoms with Crippen molar-refractivity contribution in [2.24, 2.45) is 0 Å². The van der Waals surface area contributed by atoms with Crippen molar-refractivity contribution in [2.45, 2.75) is 13.8 Å². The second kappa shape index (κ2) is 4.45. The maximum Gasteiger partial charge on any atom is 0.126 e. The van der Waals surface area contributed by atoms with Gasteiger partial charge in [-0.1, -0.05) is 28.6 Å². The first kappa shape index (κ1) is 9.63. The van der Waals surface area contributed by atoms with Crippen LogP contribution in [0.4, 0.5) is 4.39 Å². The molecule has 0 N–H and O–H groups in total. The fraction of sp³-hybridized carbons (Fsp3) is 0.250. The molecule has 2 heteroatoms. The molecule has 0 aliphatic carbocycles. The first-order valence-corrected chi connectivity index (χ1v) is 3.72. The normalized spacial score (nSPS) is 13.6. The van der Waals surface area contributed by atoms with Crippen LogP contribution in [0.15, 0.2) is 34.6 Å². The molecule has 56 valence electrons. The van der Waals surface area contributed by atoms with Gasteiger partial charge in [-0.3, -0.25) is 0 Å². The Kier molecular flexibility index (Phi) is 4.28. The van der Waals surface area contributed by atoms with Gasteiger partial charge >= 0.3 is 0 Å². The summed E-state index contributed by atoms with van der Waals surface area (Å²) in [4.78, 5) is 0. The monoisotopic (exact) mass is 204 g/mol. The minimum absolute atomic E-state index is 0.246. The number of halogens is 2. The van der Waals surface area contributed by atoms with Gasteiger partial charge in [0.05, 0.1) is 0 Å². The molecule has 0 aliphatic heterocycles. The highest BCUT2D eigenvalue weighted by molar-refractivity contribution is 9.11. The second-order valence-electron chi connectivity index (χ2n) is 1.91. The molecule has 0 bridgehead atoms. The van der Waals surface area contributed by atoms with Crippen molar-refractivity contribution in [3.05, 3.63) is 34.6 Å². The van der Waals surface area contributed by atoms with E-state index in [0.717, 1.165) is 0 Å². The minimum Gasteiger partial charge on any atom is -0.207 e. The summed E-state index contributed by atoms with van der Waals surface area (Å²) < 4.78 is 13.3. The minimum atomic E-state index is -0.246. The molecular formula is C8H10BrF. The highest BCUT2D eigenvalue weighted by Gasteiger charge is 1.94. The van der Waals surface area contributed by atoms with Gasteiger partial charge in [-0.2, -0.15) is 0 Å². The van der Waals surface area contributed by atoms with Crippen molar-refractivity contribution < 1.29 is 4.39 Å². The van der Waals surface area contributed by atoms with E-state index in [1.165, 1.54) is 6.08 Å². The lowest BCUT2D eigenvalue weighted by atomic mass is 10.2. The lowest BCUT2D eigenvalue weighted by molar-refractivity contribution is 0.651. The molecule has 0 radical (unpaired) electrons. The number of allylic oxidation sites excluding steroid dienone is 5. The first-order chi connectivity index (χ1) is 4.57. The van der Waals surface area contributed by atoms with E-state index >= 15 is 0 Å². The van der Waals surface area contributed by atoms with Crippen LogP contribution >= 0.6 is 15.9 Å². The SMILES string of the molecule is C=C(Br)/C=C(F)\C(C)=C/C. The van der Waals surface area contributed by atoms with Crippen LogP contribution in [0.2, 0.25) is 0 Å². The predicted molar refractivity (Wildman–Crippen MR) is 46.7 cm³/mol. The zero-order valence-electron chi connectivity index (χ0n) is 6.12. The lowest BCUT2D eigenvalue weighted by Crippen LogP contribution is -1.75. The van der Waals surface area contributed by atoms with Gasteiger partial charge in [-0.15, -0.1) is 0 Å². The van der Waals surface area contributed by atoms with E-state index in [1.807, 2.05) is 0 Å². The summed E-state index contributed by atoms with van der Waals surface area (Å²) in [5.41, 5.74) is 0.626. The van der Waals surface area contributed by atoms with Gasteiger partial charge in [-0.25, -0.2) is 4.39 Å². The maximum atomic E-state index is 12.7. The summed E-state index contributed by atoms with van der Waals surface area (Å²) in [7, 11) is 0. The molecule has 0 atom stereocenters. The van der Waals surface area contributed by atoms with Crippen molar-refractivity contribution >= 4 is 15.9 Å². The third kappa shape index (κ3) is 3.62. The molecule has 0 nitrogen and oxygen atoms in total. The molecule has 0 aliphatic rings. The number of hydrogen-bond donors (Lipinski definition) is 0. The van der Waals surface area contributed by atoms with E-state index in [2.05, 4.69) is 22.5 Å². The van der Waals surface area contributed by atoms with E-state index in [-0.39, 0.29) is 5.83 Å². The Balaban J connectivity index is 4.35. The Morgan fingerprint density at radius 1 is 1.60 bits per heavy atom. The summed E-state index contributed by atoms with van der Waals surface area (Å²) in [6, 6.07) is 0. The molecule has 0 heterocycles. The fourth-order valence-electron chi connectivity index (χ4n) is 0.389. The van der Waals surface area contributed by atoms with Gasteiger partial charge in [0.15, 0.2) is 0 Å². The van der Waals surface area contributed by atoms with E-state index in [9.17, 15) is 4.39 Å². The largest absolute Gasteiger partial charge is 0.207 e. The third-order valence-electron chi connectivity index (χ3n) is 1.09. The topological polar surface area (TPSA) is 0 Å². The van der Waals surface area contributed by atoms with Crippen molar-refractivity contribution in [3.63, 3.8) is 0 Å². The van der Waals surface area contributed by atoms with Crippen molar-refractivity contribution in [1.29, 1.82) is 0 Å². The van der Waals surface area contributed by atoms with Gasteiger partial charge in [0, 0.05) is 4.48 Å². The molecule has 0 aromatic rings. The highest BCUT2D eigenvalue weighted by Crippen LogP contribution is 2.15. The summed E-state index contributed by atoms with van der Waals surface area (Å²) in [6.45, 7) is 6.99. The van der Waals surface area contributed by atoms with Crippen LogP contribution in [-0.4, -0.2) is 0 Å². The first-order valence-electron chi connectivity index (χ1n) is 2.92.